The molecule has 0 bridgehead atoms. The Bertz CT molecular complexity index is 3010. The molecule has 0 amide bonds. The summed E-state index contributed by atoms with van der Waals surface area (Å²) in [5.41, 5.74) is 11.4. The van der Waals surface area contributed by atoms with Crippen LogP contribution in [0.3, 0.4) is 0 Å². The summed E-state index contributed by atoms with van der Waals surface area (Å²) in [6.45, 7) is 0. The number of para-hydroxylation sites is 4. The fourth-order valence-electron chi connectivity index (χ4n) is 7.88. The molecule has 0 atom stereocenters. The average molecular weight is 615 g/mol. The number of rotatable bonds is 3. The predicted molar refractivity (Wildman–Crippen MR) is 198 cm³/mol. The lowest BCUT2D eigenvalue weighted by atomic mass is 9.97. The zero-order chi connectivity index (χ0) is 31.3. The Labute approximate surface area is 274 Å². The zero-order valence-corrected chi connectivity index (χ0v) is 25.7. The van der Waals surface area contributed by atoms with E-state index in [1.54, 1.807) is 0 Å². The van der Waals surface area contributed by atoms with E-state index in [4.69, 9.17) is 8.83 Å². The standard InChI is InChI=1S/C44H26N2O2/c1-2-11-28(12-3-1)46-38-19-9-6-15-33(38)43-42-30(16-10-20-41(42)48-44(43)46)27-21-23-39-34(25-27)35-26-29(22-24-40(35)47-39)45-36-17-7-4-13-31(36)32-14-5-8-18-37(32)45/h1-26H. The van der Waals surface area contributed by atoms with Gasteiger partial charge in [-0.15, -0.1) is 0 Å². The van der Waals surface area contributed by atoms with Crippen molar-refractivity contribution < 1.29 is 8.83 Å². The van der Waals surface area contributed by atoms with Gasteiger partial charge in [0.1, 0.15) is 16.7 Å². The molecule has 0 aliphatic carbocycles. The molecule has 224 valence electrons. The van der Waals surface area contributed by atoms with Crippen molar-refractivity contribution >= 4 is 76.7 Å². The third-order valence-electron chi connectivity index (χ3n) is 9.93. The first kappa shape index (κ1) is 25.6. The van der Waals surface area contributed by atoms with Crippen LogP contribution < -0.4 is 0 Å². The van der Waals surface area contributed by atoms with Crippen molar-refractivity contribution in [1.29, 1.82) is 0 Å². The van der Waals surface area contributed by atoms with Crippen LogP contribution in [0.2, 0.25) is 0 Å². The molecule has 0 saturated carbocycles. The summed E-state index contributed by atoms with van der Waals surface area (Å²) in [6, 6.07) is 55.7. The molecule has 4 heteroatoms. The normalized spacial score (nSPS) is 12.2. The molecule has 0 unspecified atom stereocenters. The van der Waals surface area contributed by atoms with Gasteiger partial charge in [0, 0.05) is 43.7 Å². The van der Waals surface area contributed by atoms with Crippen molar-refractivity contribution in [3.63, 3.8) is 0 Å². The van der Waals surface area contributed by atoms with E-state index in [0.29, 0.717) is 0 Å². The van der Waals surface area contributed by atoms with Crippen LogP contribution >= 0.6 is 0 Å². The van der Waals surface area contributed by atoms with Crippen LogP contribution in [-0.4, -0.2) is 9.13 Å². The van der Waals surface area contributed by atoms with Gasteiger partial charge in [0.15, 0.2) is 0 Å². The summed E-state index contributed by atoms with van der Waals surface area (Å²) < 4.78 is 17.7. The average Bonchev–Trinajstić information content (AvgIpc) is 3.88. The minimum Gasteiger partial charge on any atom is -0.456 e. The van der Waals surface area contributed by atoms with Gasteiger partial charge in [0.05, 0.1) is 21.9 Å². The van der Waals surface area contributed by atoms with Crippen molar-refractivity contribution in [3.05, 3.63) is 158 Å². The summed E-state index contributed by atoms with van der Waals surface area (Å²) in [5, 5.41) is 8.11. The number of hydrogen-bond acceptors (Lipinski definition) is 2. The molecule has 11 rings (SSSR count). The molecule has 4 aromatic heterocycles. The SMILES string of the molecule is c1ccc(-n2c3ccccc3c3c4c(-c5ccc6oc7ccc(-n8c9ccccc9c9ccccc98)cc7c6c5)cccc4oc32)cc1. The largest absolute Gasteiger partial charge is 0.456 e. The van der Waals surface area contributed by atoms with Crippen LogP contribution in [0.15, 0.2) is 167 Å². The van der Waals surface area contributed by atoms with Crippen LogP contribution in [0.5, 0.6) is 0 Å². The van der Waals surface area contributed by atoms with E-state index in [1.165, 1.54) is 27.2 Å². The fourth-order valence-corrected chi connectivity index (χ4v) is 7.88. The van der Waals surface area contributed by atoms with Crippen molar-refractivity contribution in [1.82, 2.24) is 9.13 Å². The number of hydrogen-bond donors (Lipinski definition) is 0. The van der Waals surface area contributed by atoms with Crippen molar-refractivity contribution in [2.45, 2.75) is 0 Å². The molecular formula is C44H26N2O2. The second kappa shape index (κ2) is 9.50. The highest BCUT2D eigenvalue weighted by molar-refractivity contribution is 6.24. The third-order valence-corrected chi connectivity index (χ3v) is 9.93. The molecule has 0 aliphatic heterocycles. The van der Waals surface area contributed by atoms with E-state index >= 15 is 0 Å². The molecule has 48 heavy (non-hydrogen) atoms. The Balaban J connectivity index is 1.16. The molecule has 0 saturated heterocycles. The van der Waals surface area contributed by atoms with Crippen molar-refractivity contribution in [2.75, 3.05) is 0 Å². The van der Waals surface area contributed by atoms with E-state index in [9.17, 15) is 0 Å². The number of benzene rings is 7. The molecule has 4 nitrogen and oxygen atoms in total. The molecule has 0 aliphatic rings. The van der Waals surface area contributed by atoms with Crippen LogP contribution in [-0.2, 0) is 0 Å². The van der Waals surface area contributed by atoms with E-state index in [0.717, 1.165) is 72.0 Å². The number of nitrogens with zero attached hydrogens (tertiary/aromatic N) is 2. The number of aromatic nitrogens is 2. The molecule has 0 spiro atoms. The summed E-state index contributed by atoms with van der Waals surface area (Å²) >= 11 is 0. The van der Waals surface area contributed by atoms with Crippen molar-refractivity contribution in [2.24, 2.45) is 0 Å². The summed E-state index contributed by atoms with van der Waals surface area (Å²) in [5.74, 6) is 0. The topological polar surface area (TPSA) is 36.1 Å². The fraction of sp³-hybridized carbons (Fsp3) is 0. The van der Waals surface area contributed by atoms with Gasteiger partial charge in [-0.25, -0.2) is 0 Å². The van der Waals surface area contributed by atoms with Crippen LogP contribution in [0.25, 0.3) is 99.2 Å². The minimum atomic E-state index is 0.857. The zero-order valence-electron chi connectivity index (χ0n) is 25.7. The maximum Gasteiger partial charge on any atom is 0.213 e. The number of furan rings is 2. The Morgan fingerprint density at radius 1 is 0.354 bits per heavy atom. The van der Waals surface area contributed by atoms with Crippen LogP contribution in [0.4, 0.5) is 0 Å². The maximum atomic E-state index is 6.70. The van der Waals surface area contributed by atoms with Crippen LogP contribution in [0, 0.1) is 0 Å². The van der Waals surface area contributed by atoms with Crippen molar-refractivity contribution in [3.8, 4) is 22.5 Å². The number of fused-ring (bicyclic) bond motifs is 11. The second-order valence-corrected chi connectivity index (χ2v) is 12.5. The maximum absolute atomic E-state index is 6.70. The van der Waals surface area contributed by atoms with E-state index in [1.807, 2.05) is 6.07 Å². The van der Waals surface area contributed by atoms with E-state index in [2.05, 4.69) is 161 Å². The third kappa shape index (κ3) is 3.43. The molecule has 0 fully saturated rings. The van der Waals surface area contributed by atoms with Crippen LogP contribution in [0.1, 0.15) is 0 Å². The van der Waals surface area contributed by atoms with Gasteiger partial charge >= 0.3 is 0 Å². The monoisotopic (exact) mass is 614 g/mol. The van der Waals surface area contributed by atoms with Gasteiger partial charge in [0.25, 0.3) is 0 Å². The molecule has 0 radical (unpaired) electrons. The molecule has 7 aromatic carbocycles. The Hall–Kier alpha value is -6.52. The van der Waals surface area contributed by atoms with Gasteiger partial charge in [-0.3, -0.25) is 4.57 Å². The lowest BCUT2D eigenvalue weighted by Crippen LogP contribution is -1.93. The quantitative estimate of drug-likeness (QED) is 0.198. The van der Waals surface area contributed by atoms with Gasteiger partial charge in [-0.1, -0.05) is 91.0 Å². The first-order chi connectivity index (χ1) is 23.8. The van der Waals surface area contributed by atoms with Gasteiger partial charge in [0.2, 0.25) is 5.71 Å². The highest BCUT2D eigenvalue weighted by Gasteiger charge is 2.22. The Kier molecular flexibility index (Phi) is 5.08. The van der Waals surface area contributed by atoms with E-state index in [-0.39, 0.29) is 0 Å². The molecule has 4 heterocycles. The van der Waals surface area contributed by atoms with Gasteiger partial charge in [-0.2, -0.15) is 0 Å². The van der Waals surface area contributed by atoms with Gasteiger partial charge < -0.3 is 13.4 Å². The van der Waals surface area contributed by atoms with Gasteiger partial charge in [-0.05, 0) is 77.9 Å². The minimum absolute atomic E-state index is 0.857. The summed E-state index contributed by atoms with van der Waals surface area (Å²) in [4.78, 5) is 0. The highest BCUT2D eigenvalue weighted by atomic mass is 16.3. The Morgan fingerprint density at radius 3 is 1.73 bits per heavy atom. The lowest BCUT2D eigenvalue weighted by Gasteiger charge is -2.08. The summed E-state index contributed by atoms with van der Waals surface area (Å²) in [7, 11) is 0. The summed E-state index contributed by atoms with van der Waals surface area (Å²) in [6.07, 6.45) is 0. The highest BCUT2D eigenvalue weighted by Crippen LogP contribution is 2.44. The predicted octanol–water partition coefficient (Wildman–Crippen LogP) is 12.2. The molecule has 11 aromatic rings. The smallest absolute Gasteiger partial charge is 0.213 e. The van der Waals surface area contributed by atoms with E-state index < -0.39 is 0 Å². The molecule has 0 N–H and O–H groups in total. The molecular weight excluding hydrogens is 588 g/mol. The first-order valence-corrected chi connectivity index (χ1v) is 16.3. The Morgan fingerprint density at radius 2 is 0.979 bits per heavy atom. The first-order valence-electron chi connectivity index (χ1n) is 16.3. The second-order valence-electron chi connectivity index (χ2n) is 12.5. The lowest BCUT2D eigenvalue weighted by molar-refractivity contribution is 0.645.